The fourth-order valence-electron chi connectivity index (χ4n) is 2.77. The van der Waals surface area contributed by atoms with E-state index in [9.17, 15) is 4.79 Å². The van der Waals surface area contributed by atoms with Crippen molar-refractivity contribution in [3.05, 3.63) is 18.0 Å². The lowest BCUT2D eigenvalue weighted by Gasteiger charge is -2.29. The zero-order valence-corrected chi connectivity index (χ0v) is 11.8. The summed E-state index contributed by atoms with van der Waals surface area (Å²) in [7, 11) is 0. The highest BCUT2D eigenvalue weighted by Gasteiger charge is 2.33. The molecule has 6 nitrogen and oxygen atoms in total. The molecule has 0 aliphatic carbocycles. The summed E-state index contributed by atoms with van der Waals surface area (Å²) in [6.45, 7) is 6.28. The number of nitrogens with zero attached hydrogens (tertiary/aromatic N) is 4. The van der Waals surface area contributed by atoms with Crippen LogP contribution in [0.3, 0.4) is 0 Å². The number of carbonyl (C=O) groups excluding carboxylic acids is 1. The highest BCUT2D eigenvalue weighted by Crippen LogP contribution is 2.22. The highest BCUT2D eigenvalue weighted by atomic mass is 16.5. The van der Waals surface area contributed by atoms with E-state index in [4.69, 9.17) is 4.74 Å². The Kier molecular flexibility index (Phi) is 3.82. The number of amides is 1. The van der Waals surface area contributed by atoms with E-state index < -0.39 is 0 Å². The molecule has 0 bridgehead atoms. The van der Waals surface area contributed by atoms with Crippen LogP contribution < -0.4 is 4.90 Å². The van der Waals surface area contributed by atoms with Crippen molar-refractivity contribution in [2.24, 2.45) is 5.92 Å². The topological polar surface area (TPSA) is 58.6 Å². The average molecular weight is 276 g/mol. The number of aromatic nitrogens is 2. The molecule has 1 aromatic heterocycles. The minimum Gasteiger partial charge on any atom is -0.378 e. The molecule has 1 aromatic rings. The van der Waals surface area contributed by atoms with Gasteiger partial charge in [-0.1, -0.05) is 0 Å². The van der Waals surface area contributed by atoms with Crippen molar-refractivity contribution in [3.8, 4) is 0 Å². The molecule has 0 spiro atoms. The number of carbonyl (C=O) groups is 1. The number of aryl methyl sites for hydroxylation is 1. The molecule has 6 heteroatoms. The highest BCUT2D eigenvalue weighted by molar-refractivity contribution is 5.80. The number of rotatable bonds is 2. The van der Waals surface area contributed by atoms with Crippen molar-refractivity contribution in [1.29, 1.82) is 0 Å². The minimum absolute atomic E-state index is 0.0669. The molecule has 2 saturated heterocycles. The van der Waals surface area contributed by atoms with Gasteiger partial charge in [-0.15, -0.1) is 0 Å². The third-order valence-corrected chi connectivity index (χ3v) is 3.93. The lowest BCUT2D eigenvalue weighted by molar-refractivity contribution is -0.138. The van der Waals surface area contributed by atoms with E-state index in [1.807, 2.05) is 17.9 Å². The fourth-order valence-corrected chi connectivity index (χ4v) is 2.77. The monoisotopic (exact) mass is 276 g/mol. The summed E-state index contributed by atoms with van der Waals surface area (Å²) in [4.78, 5) is 25.2. The third-order valence-electron chi connectivity index (χ3n) is 3.93. The van der Waals surface area contributed by atoms with E-state index in [0.29, 0.717) is 13.2 Å². The largest absolute Gasteiger partial charge is 0.378 e. The van der Waals surface area contributed by atoms with Crippen LogP contribution in [0.2, 0.25) is 0 Å². The van der Waals surface area contributed by atoms with Gasteiger partial charge in [0.2, 0.25) is 11.9 Å². The van der Waals surface area contributed by atoms with Gasteiger partial charge in [0, 0.05) is 38.1 Å². The molecule has 1 unspecified atom stereocenters. The summed E-state index contributed by atoms with van der Waals surface area (Å²) in [5.41, 5.74) is 0.956. The predicted molar refractivity (Wildman–Crippen MR) is 74.5 cm³/mol. The van der Waals surface area contributed by atoms with Gasteiger partial charge >= 0.3 is 0 Å². The maximum atomic E-state index is 12.4. The molecule has 0 saturated carbocycles. The van der Waals surface area contributed by atoms with Crippen molar-refractivity contribution < 1.29 is 9.53 Å². The lowest BCUT2D eigenvalue weighted by atomic mass is 10.1. The van der Waals surface area contributed by atoms with Gasteiger partial charge in [-0.05, 0) is 19.4 Å². The zero-order valence-electron chi connectivity index (χ0n) is 11.8. The molecule has 0 aromatic carbocycles. The van der Waals surface area contributed by atoms with Crippen LogP contribution in [-0.4, -0.2) is 60.2 Å². The van der Waals surface area contributed by atoms with Gasteiger partial charge in [0.05, 0.1) is 19.1 Å². The fraction of sp³-hybridized carbons (Fsp3) is 0.643. The summed E-state index contributed by atoms with van der Waals surface area (Å²) in [6, 6.07) is 1.88. The first-order chi connectivity index (χ1) is 9.74. The molecule has 0 radical (unpaired) electrons. The molecule has 2 aliphatic heterocycles. The molecule has 3 heterocycles. The standard InChI is InChI=1S/C14H20N4O2/c1-11-2-4-15-14(16-11)18-5-3-12(10-18)13(19)17-6-8-20-9-7-17/h2,4,12H,3,5-10H2,1H3. The van der Waals surface area contributed by atoms with Crippen LogP contribution in [0.5, 0.6) is 0 Å². The molecule has 0 N–H and O–H groups in total. The van der Waals surface area contributed by atoms with Crippen LogP contribution in [-0.2, 0) is 9.53 Å². The van der Waals surface area contributed by atoms with Gasteiger partial charge in [-0.3, -0.25) is 4.79 Å². The summed E-state index contributed by atoms with van der Waals surface area (Å²) in [5, 5.41) is 0. The second-order valence-electron chi connectivity index (χ2n) is 5.37. The first kappa shape index (κ1) is 13.3. The van der Waals surface area contributed by atoms with Crippen molar-refractivity contribution in [3.63, 3.8) is 0 Å². The van der Waals surface area contributed by atoms with Gasteiger partial charge in [-0.25, -0.2) is 9.97 Å². The van der Waals surface area contributed by atoms with E-state index in [1.165, 1.54) is 0 Å². The maximum absolute atomic E-state index is 12.4. The summed E-state index contributed by atoms with van der Waals surface area (Å²) in [5.74, 6) is 1.06. The molecule has 1 amide bonds. The van der Waals surface area contributed by atoms with Crippen LogP contribution in [0.25, 0.3) is 0 Å². The predicted octanol–water partition coefficient (Wildman–Crippen LogP) is 0.470. The number of hydrogen-bond donors (Lipinski definition) is 0. The van der Waals surface area contributed by atoms with Crippen LogP contribution >= 0.6 is 0 Å². The molecule has 20 heavy (non-hydrogen) atoms. The molecular formula is C14H20N4O2. The Bertz CT molecular complexity index is 488. The Morgan fingerprint density at radius 2 is 2.15 bits per heavy atom. The van der Waals surface area contributed by atoms with E-state index in [2.05, 4.69) is 14.9 Å². The Morgan fingerprint density at radius 1 is 1.35 bits per heavy atom. The van der Waals surface area contributed by atoms with Gasteiger partial charge in [0.25, 0.3) is 0 Å². The number of hydrogen-bond acceptors (Lipinski definition) is 5. The lowest BCUT2D eigenvalue weighted by Crippen LogP contribution is -2.44. The SMILES string of the molecule is Cc1ccnc(N2CCC(C(=O)N3CCOCC3)C2)n1. The number of anilines is 1. The van der Waals surface area contributed by atoms with E-state index in [1.54, 1.807) is 6.20 Å². The number of ether oxygens (including phenoxy) is 1. The van der Waals surface area contributed by atoms with E-state index in [0.717, 1.165) is 44.2 Å². The van der Waals surface area contributed by atoms with Crippen molar-refractivity contribution in [2.45, 2.75) is 13.3 Å². The summed E-state index contributed by atoms with van der Waals surface area (Å²) in [6.07, 6.45) is 2.66. The Morgan fingerprint density at radius 3 is 2.90 bits per heavy atom. The minimum atomic E-state index is 0.0669. The van der Waals surface area contributed by atoms with Crippen molar-refractivity contribution >= 4 is 11.9 Å². The van der Waals surface area contributed by atoms with Crippen LogP contribution in [0.15, 0.2) is 12.3 Å². The van der Waals surface area contributed by atoms with Crippen LogP contribution in [0.1, 0.15) is 12.1 Å². The zero-order chi connectivity index (χ0) is 13.9. The number of morpholine rings is 1. The molecule has 2 aliphatic rings. The van der Waals surface area contributed by atoms with Gasteiger partial charge in [0.15, 0.2) is 0 Å². The second kappa shape index (κ2) is 5.75. The van der Waals surface area contributed by atoms with Crippen LogP contribution in [0, 0.1) is 12.8 Å². The first-order valence-electron chi connectivity index (χ1n) is 7.15. The Labute approximate surface area is 118 Å². The quantitative estimate of drug-likeness (QED) is 0.786. The van der Waals surface area contributed by atoms with Gasteiger partial charge < -0.3 is 14.5 Å². The average Bonchev–Trinajstić information content (AvgIpc) is 2.97. The summed E-state index contributed by atoms with van der Waals surface area (Å²) >= 11 is 0. The van der Waals surface area contributed by atoms with Gasteiger partial charge in [0.1, 0.15) is 0 Å². The summed E-state index contributed by atoms with van der Waals surface area (Å²) < 4.78 is 5.29. The first-order valence-corrected chi connectivity index (χ1v) is 7.15. The molecule has 108 valence electrons. The Balaban J connectivity index is 1.63. The van der Waals surface area contributed by atoms with Crippen LogP contribution in [0.4, 0.5) is 5.95 Å². The van der Waals surface area contributed by atoms with Gasteiger partial charge in [-0.2, -0.15) is 0 Å². The van der Waals surface area contributed by atoms with Crippen molar-refractivity contribution in [2.75, 3.05) is 44.3 Å². The molecular weight excluding hydrogens is 256 g/mol. The Hall–Kier alpha value is -1.69. The van der Waals surface area contributed by atoms with E-state index >= 15 is 0 Å². The van der Waals surface area contributed by atoms with E-state index in [-0.39, 0.29) is 11.8 Å². The molecule has 3 rings (SSSR count). The maximum Gasteiger partial charge on any atom is 0.227 e. The second-order valence-corrected chi connectivity index (χ2v) is 5.37. The smallest absolute Gasteiger partial charge is 0.227 e. The normalized spacial score (nSPS) is 23.1. The molecule has 2 fully saturated rings. The third kappa shape index (κ3) is 2.75. The molecule has 1 atom stereocenters. The van der Waals surface area contributed by atoms with Crippen molar-refractivity contribution in [1.82, 2.24) is 14.9 Å².